The van der Waals surface area contributed by atoms with E-state index in [1.165, 1.54) is 17.5 Å². The molecule has 2 aliphatic heterocycles. The summed E-state index contributed by atoms with van der Waals surface area (Å²) in [5.74, 6) is 1.54. The van der Waals surface area contributed by atoms with Crippen LogP contribution in [0.25, 0.3) is 10.9 Å². The number of pyridine rings is 1. The predicted octanol–water partition coefficient (Wildman–Crippen LogP) is 2.28. The molecule has 9 nitrogen and oxygen atoms in total. The number of rotatable bonds is 7. The summed E-state index contributed by atoms with van der Waals surface area (Å²) in [5, 5.41) is 18.4. The highest BCUT2D eigenvalue weighted by atomic mass is 16.3. The van der Waals surface area contributed by atoms with E-state index in [2.05, 4.69) is 54.8 Å². The molecule has 1 aromatic carbocycles. The van der Waals surface area contributed by atoms with E-state index in [-0.39, 0.29) is 11.9 Å². The Labute approximate surface area is 205 Å². The van der Waals surface area contributed by atoms with Gasteiger partial charge in [0.05, 0.1) is 6.10 Å². The van der Waals surface area contributed by atoms with Crippen LogP contribution in [0, 0.1) is 0 Å². The van der Waals surface area contributed by atoms with E-state index >= 15 is 0 Å². The summed E-state index contributed by atoms with van der Waals surface area (Å²) < 4.78 is 0. The Morgan fingerprint density at radius 1 is 1.09 bits per heavy atom. The summed E-state index contributed by atoms with van der Waals surface area (Å²) in [7, 11) is 0. The van der Waals surface area contributed by atoms with Crippen molar-refractivity contribution in [1.82, 2.24) is 24.8 Å². The first-order valence-corrected chi connectivity index (χ1v) is 12.4. The molecule has 1 saturated heterocycles. The number of nitrogens with zero attached hydrogens (tertiary/aromatic N) is 5. The molecule has 4 heterocycles. The Bertz CT molecular complexity index is 1180. The highest BCUT2D eigenvalue weighted by molar-refractivity contribution is 5.95. The Balaban J connectivity index is 1.20. The van der Waals surface area contributed by atoms with Crippen molar-refractivity contribution >= 4 is 28.4 Å². The zero-order valence-electron chi connectivity index (χ0n) is 20.2. The van der Waals surface area contributed by atoms with E-state index in [1.54, 1.807) is 13.1 Å². The number of hydrogen-bond acceptors (Lipinski definition) is 8. The number of fused-ring (bicyclic) bond motifs is 2. The van der Waals surface area contributed by atoms with Gasteiger partial charge in [0.25, 0.3) is 0 Å². The molecule has 35 heavy (non-hydrogen) atoms. The zero-order chi connectivity index (χ0) is 24.2. The first kappa shape index (κ1) is 23.4. The number of amides is 1. The molecule has 0 aliphatic carbocycles. The second-order valence-corrected chi connectivity index (χ2v) is 9.49. The minimum atomic E-state index is -0.517. The van der Waals surface area contributed by atoms with Crippen molar-refractivity contribution in [3.05, 3.63) is 54.0 Å². The van der Waals surface area contributed by atoms with Gasteiger partial charge in [-0.25, -0.2) is 15.0 Å². The third kappa shape index (κ3) is 5.52. The highest BCUT2D eigenvalue weighted by Gasteiger charge is 2.22. The van der Waals surface area contributed by atoms with Crippen molar-refractivity contribution in [3.63, 3.8) is 0 Å². The number of aliphatic hydroxyl groups is 1. The van der Waals surface area contributed by atoms with E-state index in [0.717, 1.165) is 62.2 Å². The van der Waals surface area contributed by atoms with Crippen LogP contribution in [0.4, 0.5) is 11.6 Å². The molecule has 2 aliphatic rings. The second-order valence-electron chi connectivity index (χ2n) is 9.49. The van der Waals surface area contributed by atoms with Gasteiger partial charge < -0.3 is 20.6 Å². The van der Waals surface area contributed by atoms with Crippen molar-refractivity contribution in [2.24, 2.45) is 0 Å². The summed E-state index contributed by atoms with van der Waals surface area (Å²) in [6.07, 6.45) is 5.54. The first-order valence-electron chi connectivity index (χ1n) is 12.4. The number of piperidine rings is 1. The number of likely N-dealkylation sites (tertiary alicyclic amines) is 1. The number of aromatic nitrogens is 3. The van der Waals surface area contributed by atoms with E-state index in [1.807, 2.05) is 11.0 Å². The first-order chi connectivity index (χ1) is 17.1. The predicted molar refractivity (Wildman–Crippen MR) is 136 cm³/mol. The number of carbonyl (C=O) groups excluding carboxylic acids is 1. The standard InChI is InChI=1S/C26H33N7O2/c1-18(34)33-12-8-21(9-13-33)31-26-24-23(6-10-27-26)25(30-17-29-24)28-14-22(35)16-32-11-7-19-4-2-3-5-20(19)15-32/h2-6,10,17,21-22,35H,7-9,11-16H2,1H3,(H,27,31)(H,28,29,30)/t22-/m1/s1. The molecule has 184 valence electrons. The minimum Gasteiger partial charge on any atom is -0.390 e. The van der Waals surface area contributed by atoms with Crippen LogP contribution in [0.1, 0.15) is 30.9 Å². The number of aliphatic hydroxyl groups excluding tert-OH is 1. The van der Waals surface area contributed by atoms with Crippen LogP contribution >= 0.6 is 0 Å². The summed E-state index contributed by atoms with van der Waals surface area (Å²) in [6, 6.07) is 10.7. The zero-order valence-corrected chi connectivity index (χ0v) is 20.2. The molecule has 1 amide bonds. The van der Waals surface area contributed by atoms with Gasteiger partial charge in [-0.2, -0.15) is 0 Å². The number of anilines is 2. The maximum absolute atomic E-state index is 11.6. The SMILES string of the molecule is CC(=O)N1CCC(Nc2nccc3c(NC[C@@H](O)CN4CCc5ccccc5C4)ncnc23)CC1. The molecule has 3 N–H and O–H groups in total. The summed E-state index contributed by atoms with van der Waals surface area (Å²) >= 11 is 0. The molecule has 9 heteroatoms. The Kier molecular flexibility index (Phi) is 7.06. The smallest absolute Gasteiger partial charge is 0.219 e. The molecule has 0 spiro atoms. The average molecular weight is 476 g/mol. The lowest BCUT2D eigenvalue weighted by atomic mass is 10.00. The van der Waals surface area contributed by atoms with Gasteiger partial charge in [-0.1, -0.05) is 24.3 Å². The van der Waals surface area contributed by atoms with Gasteiger partial charge in [0, 0.05) is 63.8 Å². The number of nitrogens with one attached hydrogen (secondary N) is 2. The van der Waals surface area contributed by atoms with Crippen LogP contribution in [-0.2, 0) is 17.8 Å². The largest absolute Gasteiger partial charge is 0.390 e. The van der Waals surface area contributed by atoms with Gasteiger partial charge in [0.1, 0.15) is 17.7 Å². The summed E-state index contributed by atoms with van der Waals surface area (Å²) in [4.78, 5) is 29.2. The summed E-state index contributed by atoms with van der Waals surface area (Å²) in [5.41, 5.74) is 3.51. The fourth-order valence-electron chi connectivity index (χ4n) is 5.06. The maximum Gasteiger partial charge on any atom is 0.219 e. The van der Waals surface area contributed by atoms with Crippen LogP contribution in [-0.4, -0.2) is 80.6 Å². The Hall–Kier alpha value is -3.30. The fourth-order valence-corrected chi connectivity index (χ4v) is 5.06. The fraction of sp³-hybridized carbons (Fsp3) is 0.462. The lowest BCUT2D eigenvalue weighted by Crippen LogP contribution is -2.41. The van der Waals surface area contributed by atoms with Gasteiger partial charge in [-0.15, -0.1) is 0 Å². The van der Waals surface area contributed by atoms with E-state index < -0.39 is 6.10 Å². The van der Waals surface area contributed by atoms with Gasteiger partial charge in [-0.05, 0) is 36.5 Å². The molecule has 1 fully saturated rings. The molecule has 3 aromatic rings. The third-order valence-electron chi connectivity index (χ3n) is 7.02. The normalized spacial score (nSPS) is 17.7. The lowest BCUT2D eigenvalue weighted by Gasteiger charge is -2.32. The average Bonchev–Trinajstić information content (AvgIpc) is 2.88. The van der Waals surface area contributed by atoms with Crippen molar-refractivity contribution in [2.75, 3.05) is 43.4 Å². The lowest BCUT2D eigenvalue weighted by molar-refractivity contribution is -0.129. The molecule has 2 aromatic heterocycles. The Morgan fingerprint density at radius 2 is 1.89 bits per heavy atom. The maximum atomic E-state index is 11.6. The molecule has 0 unspecified atom stereocenters. The molecular formula is C26H33N7O2. The number of β-amino-alcohol motifs (C(OH)–C–C–N with tert-alkyl or cyclic N) is 1. The van der Waals surface area contributed by atoms with Gasteiger partial charge in [0.2, 0.25) is 5.91 Å². The minimum absolute atomic E-state index is 0.127. The quantitative estimate of drug-likeness (QED) is 0.478. The topological polar surface area (TPSA) is 107 Å². The molecule has 0 bridgehead atoms. The van der Waals surface area contributed by atoms with Crippen molar-refractivity contribution in [1.29, 1.82) is 0 Å². The summed E-state index contributed by atoms with van der Waals surface area (Å²) in [6.45, 7) is 5.96. The highest BCUT2D eigenvalue weighted by Crippen LogP contribution is 2.26. The molecule has 1 atom stereocenters. The van der Waals surface area contributed by atoms with E-state index in [4.69, 9.17) is 0 Å². The second kappa shape index (κ2) is 10.5. The van der Waals surface area contributed by atoms with Crippen LogP contribution < -0.4 is 10.6 Å². The van der Waals surface area contributed by atoms with Crippen LogP contribution in [0.15, 0.2) is 42.9 Å². The van der Waals surface area contributed by atoms with E-state index in [0.29, 0.717) is 18.9 Å². The van der Waals surface area contributed by atoms with Crippen molar-refractivity contribution < 1.29 is 9.90 Å². The van der Waals surface area contributed by atoms with Crippen LogP contribution in [0.2, 0.25) is 0 Å². The van der Waals surface area contributed by atoms with Gasteiger partial charge in [-0.3, -0.25) is 9.69 Å². The van der Waals surface area contributed by atoms with Crippen LogP contribution in [0.5, 0.6) is 0 Å². The van der Waals surface area contributed by atoms with Crippen molar-refractivity contribution in [2.45, 2.75) is 44.9 Å². The van der Waals surface area contributed by atoms with Gasteiger partial charge in [0.15, 0.2) is 5.82 Å². The number of hydrogen-bond donors (Lipinski definition) is 3. The number of carbonyl (C=O) groups is 1. The molecule has 0 saturated carbocycles. The number of benzene rings is 1. The third-order valence-corrected chi connectivity index (χ3v) is 7.02. The Morgan fingerprint density at radius 3 is 2.69 bits per heavy atom. The van der Waals surface area contributed by atoms with Crippen molar-refractivity contribution in [3.8, 4) is 0 Å². The molecule has 0 radical (unpaired) electrons. The van der Waals surface area contributed by atoms with Gasteiger partial charge >= 0.3 is 0 Å². The monoisotopic (exact) mass is 475 g/mol. The van der Waals surface area contributed by atoms with Crippen LogP contribution in [0.3, 0.4) is 0 Å². The molecular weight excluding hydrogens is 442 g/mol. The molecule has 5 rings (SSSR count). The van der Waals surface area contributed by atoms with E-state index in [9.17, 15) is 9.90 Å².